The smallest absolute Gasteiger partial charge is 0.214 e. The Balaban J connectivity index is 3.11. The van der Waals surface area contributed by atoms with Crippen LogP contribution in [0.5, 0.6) is 0 Å². The van der Waals surface area contributed by atoms with Crippen LogP contribution in [-0.2, 0) is 22.1 Å². The van der Waals surface area contributed by atoms with Crippen LogP contribution in [0.1, 0.15) is 38.1 Å². The number of aliphatic hydroxyl groups is 1. The summed E-state index contributed by atoms with van der Waals surface area (Å²) in [5.41, 5.74) is 7.04. The van der Waals surface area contributed by atoms with E-state index < -0.39 is 10.8 Å². The van der Waals surface area contributed by atoms with Crippen LogP contribution in [-0.4, -0.2) is 43.0 Å². The molecule has 0 aliphatic heterocycles. The van der Waals surface area contributed by atoms with Crippen molar-refractivity contribution in [3.05, 3.63) is 28.2 Å². The number of hydrogen-bond donors (Lipinski definition) is 2. The summed E-state index contributed by atoms with van der Waals surface area (Å²) in [6.07, 6.45) is 3.27. The van der Waals surface area contributed by atoms with Gasteiger partial charge in [0, 0.05) is 41.1 Å². The second-order valence-electron chi connectivity index (χ2n) is 5.09. The van der Waals surface area contributed by atoms with Gasteiger partial charge >= 0.3 is 0 Å². The molecule has 1 unspecified atom stereocenters. The Morgan fingerprint density at radius 1 is 1.52 bits per heavy atom. The summed E-state index contributed by atoms with van der Waals surface area (Å²) in [4.78, 5) is 21.6. The van der Waals surface area contributed by atoms with Crippen molar-refractivity contribution >= 4 is 23.0 Å². The number of carbonyl (C=O) groups excluding carboxylic acids is 1. The summed E-state index contributed by atoms with van der Waals surface area (Å²) < 4.78 is 12.3. The van der Waals surface area contributed by atoms with Gasteiger partial charge < -0.3 is 15.7 Å². The quantitative estimate of drug-likeness (QED) is 0.651. The molecule has 1 amide bonds. The van der Waals surface area contributed by atoms with E-state index in [4.69, 9.17) is 5.73 Å². The molecule has 0 saturated carbocycles. The van der Waals surface area contributed by atoms with E-state index in [0.717, 1.165) is 6.42 Å². The van der Waals surface area contributed by atoms with Gasteiger partial charge in [-0.3, -0.25) is 9.00 Å². The van der Waals surface area contributed by atoms with E-state index in [1.54, 1.807) is 20.0 Å². The lowest BCUT2D eigenvalue weighted by atomic mass is 10.2. The van der Waals surface area contributed by atoms with Gasteiger partial charge in [-0.15, -0.1) is 0 Å². The molecule has 8 heteroatoms. The number of carbonyl (C=O) groups is 1. The molecule has 1 heterocycles. The zero-order chi connectivity index (χ0) is 17.4. The Labute approximate surface area is 139 Å². The third-order valence-corrected chi connectivity index (χ3v) is 5.15. The van der Waals surface area contributed by atoms with E-state index in [2.05, 4.69) is 9.97 Å². The van der Waals surface area contributed by atoms with Crippen LogP contribution in [0, 0.1) is 6.92 Å². The van der Waals surface area contributed by atoms with E-state index >= 15 is 0 Å². The van der Waals surface area contributed by atoms with Gasteiger partial charge in [-0.25, -0.2) is 9.97 Å². The average Bonchev–Trinajstić information content (AvgIpc) is 2.51. The second-order valence-corrected chi connectivity index (χ2v) is 6.68. The van der Waals surface area contributed by atoms with Crippen molar-refractivity contribution in [2.45, 2.75) is 40.2 Å². The van der Waals surface area contributed by atoms with Gasteiger partial charge in [0.05, 0.1) is 17.3 Å². The van der Waals surface area contributed by atoms with Crippen molar-refractivity contribution in [3.8, 4) is 0 Å². The van der Waals surface area contributed by atoms with Crippen LogP contribution < -0.4 is 5.73 Å². The molecular weight excluding hydrogens is 316 g/mol. The van der Waals surface area contributed by atoms with Crippen LogP contribution in [0.4, 0.5) is 5.82 Å². The fourth-order valence-electron chi connectivity index (χ4n) is 2.08. The predicted molar refractivity (Wildman–Crippen MR) is 90.5 cm³/mol. The number of nitrogen functional groups attached to an aromatic ring is 1. The number of allylic oxidation sites excluding steroid dienone is 1. The third kappa shape index (κ3) is 5.40. The molecule has 0 fully saturated rings. The van der Waals surface area contributed by atoms with Gasteiger partial charge in [0.25, 0.3) is 0 Å². The molecule has 0 bridgehead atoms. The molecule has 0 radical (unpaired) electrons. The number of nitrogens with two attached hydrogens (primary N) is 1. The van der Waals surface area contributed by atoms with Crippen molar-refractivity contribution in [1.82, 2.24) is 14.9 Å². The van der Waals surface area contributed by atoms with Crippen molar-refractivity contribution in [3.63, 3.8) is 0 Å². The van der Waals surface area contributed by atoms with Crippen LogP contribution >= 0.6 is 0 Å². The molecule has 0 aromatic carbocycles. The Hall–Kier alpha value is -1.80. The highest BCUT2D eigenvalue weighted by atomic mass is 32.2. The minimum Gasteiger partial charge on any atom is -0.396 e. The SMILES string of the molecule is CCCS(=O)/C(CCO)=C(\C)N(C=O)Cc1cnc(C)nc1N. The van der Waals surface area contributed by atoms with E-state index in [1.165, 1.54) is 4.90 Å². The number of rotatable bonds is 9. The maximum atomic E-state index is 12.3. The fraction of sp³-hybridized carbons (Fsp3) is 0.533. The summed E-state index contributed by atoms with van der Waals surface area (Å²) in [5, 5.41) is 9.21. The van der Waals surface area contributed by atoms with Crippen LogP contribution in [0.3, 0.4) is 0 Å². The molecule has 0 spiro atoms. The van der Waals surface area contributed by atoms with Crippen LogP contribution in [0.2, 0.25) is 0 Å². The normalized spacial score (nSPS) is 13.4. The summed E-state index contributed by atoms with van der Waals surface area (Å²) >= 11 is 0. The summed E-state index contributed by atoms with van der Waals surface area (Å²) in [7, 11) is -1.22. The first-order valence-electron chi connectivity index (χ1n) is 7.43. The molecular formula is C15H24N4O3S. The van der Waals surface area contributed by atoms with Crippen molar-refractivity contribution in [2.75, 3.05) is 18.1 Å². The maximum absolute atomic E-state index is 12.3. The molecule has 0 saturated heterocycles. The molecule has 1 atom stereocenters. The lowest BCUT2D eigenvalue weighted by Gasteiger charge is -2.22. The van der Waals surface area contributed by atoms with E-state index in [1.807, 2.05) is 6.92 Å². The largest absolute Gasteiger partial charge is 0.396 e. The molecule has 23 heavy (non-hydrogen) atoms. The monoisotopic (exact) mass is 340 g/mol. The zero-order valence-corrected chi connectivity index (χ0v) is 14.6. The van der Waals surface area contributed by atoms with Crippen LogP contribution in [0.15, 0.2) is 16.8 Å². The molecule has 3 N–H and O–H groups in total. The number of amides is 1. The number of aromatic nitrogens is 2. The lowest BCUT2D eigenvalue weighted by Crippen LogP contribution is -2.23. The summed E-state index contributed by atoms with van der Waals surface area (Å²) in [6.45, 7) is 5.46. The first-order chi connectivity index (χ1) is 10.9. The highest BCUT2D eigenvalue weighted by Crippen LogP contribution is 2.20. The molecule has 0 aliphatic rings. The van der Waals surface area contributed by atoms with Crippen molar-refractivity contribution in [2.24, 2.45) is 0 Å². The minimum atomic E-state index is -1.22. The van der Waals surface area contributed by atoms with Crippen LogP contribution in [0.25, 0.3) is 0 Å². The van der Waals surface area contributed by atoms with E-state index in [-0.39, 0.29) is 19.6 Å². The highest BCUT2D eigenvalue weighted by molar-refractivity contribution is 7.89. The molecule has 0 aliphatic carbocycles. The Morgan fingerprint density at radius 3 is 2.74 bits per heavy atom. The van der Waals surface area contributed by atoms with Gasteiger partial charge in [0.2, 0.25) is 6.41 Å². The van der Waals surface area contributed by atoms with E-state index in [0.29, 0.717) is 40.0 Å². The Kier molecular flexibility index (Phi) is 7.84. The topological polar surface area (TPSA) is 109 Å². The van der Waals surface area contributed by atoms with Gasteiger partial charge in [0.15, 0.2) is 0 Å². The fourth-order valence-corrected chi connectivity index (χ4v) is 3.47. The Morgan fingerprint density at radius 2 is 2.22 bits per heavy atom. The maximum Gasteiger partial charge on any atom is 0.214 e. The molecule has 1 rings (SSSR count). The highest BCUT2D eigenvalue weighted by Gasteiger charge is 2.17. The predicted octanol–water partition coefficient (Wildman–Crippen LogP) is 1.10. The van der Waals surface area contributed by atoms with Gasteiger partial charge in [-0.1, -0.05) is 6.92 Å². The number of hydrogen-bond acceptors (Lipinski definition) is 6. The van der Waals surface area contributed by atoms with Gasteiger partial charge in [-0.05, 0) is 20.3 Å². The van der Waals surface area contributed by atoms with E-state index in [9.17, 15) is 14.1 Å². The second kappa shape index (κ2) is 9.36. The minimum absolute atomic E-state index is 0.120. The number of anilines is 1. The summed E-state index contributed by atoms with van der Waals surface area (Å²) in [5.74, 6) is 1.37. The van der Waals surface area contributed by atoms with Gasteiger partial charge in [0.1, 0.15) is 11.6 Å². The molecule has 1 aromatic rings. The van der Waals surface area contributed by atoms with Gasteiger partial charge in [-0.2, -0.15) is 0 Å². The first-order valence-corrected chi connectivity index (χ1v) is 8.75. The molecule has 1 aromatic heterocycles. The standard InChI is InChI=1S/C15H24N4O3S/c1-4-7-23(22)14(5-6-20)11(2)19(10-21)9-13-8-17-12(3)18-15(13)16/h8,10,20H,4-7,9H2,1-3H3,(H2,16,17,18)/b14-11+. The number of aliphatic hydroxyl groups excluding tert-OH is 1. The summed E-state index contributed by atoms with van der Waals surface area (Å²) in [6, 6.07) is 0. The Bertz CT molecular complexity index is 604. The third-order valence-electron chi connectivity index (χ3n) is 3.32. The number of aryl methyl sites for hydroxylation is 1. The lowest BCUT2D eigenvalue weighted by molar-refractivity contribution is -0.116. The van der Waals surface area contributed by atoms with Crippen molar-refractivity contribution < 1.29 is 14.1 Å². The zero-order valence-electron chi connectivity index (χ0n) is 13.8. The van der Waals surface area contributed by atoms with Crippen molar-refractivity contribution in [1.29, 1.82) is 0 Å². The molecule has 128 valence electrons. The molecule has 7 nitrogen and oxygen atoms in total. The number of nitrogens with zero attached hydrogens (tertiary/aromatic N) is 3. The average molecular weight is 340 g/mol. The first kappa shape index (κ1) is 19.2.